The largest absolute Gasteiger partial charge is 0.262 e. The Hall–Kier alpha value is -0.170. The average molecular weight is 340 g/mol. The van der Waals surface area contributed by atoms with E-state index in [2.05, 4.69) is 20.9 Å². The molecule has 0 spiro atoms. The first-order valence-corrected chi connectivity index (χ1v) is 7.94. The van der Waals surface area contributed by atoms with Crippen molar-refractivity contribution >= 4 is 37.6 Å². The van der Waals surface area contributed by atoms with E-state index in [1.54, 1.807) is 0 Å². The van der Waals surface area contributed by atoms with Gasteiger partial charge in [-0.3, -0.25) is 4.98 Å². The van der Waals surface area contributed by atoms with Crippen molar-refractivity contribution in [3.8, 4) is 0 Å². The highest BCUT2D eigenvalue weighted by Crippen LogP contribution is 2.31. The van der Waals surface area contributed by atoms with E-state index < -0.39 is 10.0 Å². The van der Waals surface area contributed by atoms with Gasteiger partial charge in [0.05, 0.1) is 9.50 Å². The quantitative estimate of drug-likeness (QED) is 0.832. The molecule has 4 nitrogen and oxygen atoms in total. The van der Waals surface area contributed by atoms with Gasteiger partial charge in [-0.25, -0.2) is 8.42 Å². The summed E-state index contributed by atoms with van der Waals surface area (Å²) in [4.78, 5) is 3.95. The second kappa shape index (κ2) is 5.22. The molecule has 7 heteroatoms. The third-order valence-corrected chi connectivity index (χ3v) is 6.00. The smallest absolute Gasteiger partial charge is 0.246 e. The molecule has 0 amide bonds. The van der Waals surface area contributed by atoms with Crippen molar-refractivity contribution in [1.82, 2.24) is 9.29 Å². The Morgan fingerprint density at radius 2 is 1.88 bits per heavy atom. The van der Waals surface area contributed by atoms with Crippen molar-refractivity contribution < 1.29 is 8.42 Å². The highest BCUT2D eigenvalue weighted by Gasteiger charge is 2.28. The molecule has 94 valence electrons. The van der Waals surface area contributed by atoms with Crippen LogP contribution in [0.4, 0.5) is 0 Å². The molecular weight excluding hydrogens is 328 g/mol. The summed E-state index contributed by atoms with van der Waals surface area (Å²) in [6.45, 7) is 1.12. The monoisotopic (exact) mass is 338 g/mol. The Kier molecular flexibility index (Phi) is 4.07. The summed E-state index contributed by atoms with van der Waals surface area (Å²) < 4.78 is 26.7. The Bertz CT molecular complexity index is 515. The summed E-state index contributed by atoms with van der Waals surface area (Å²) in [5, 5.41) is 0.200. The van der Waals surface area contributed by atoms with E-state index in [1.165, 1.54) is 16.7 Å². The van der Waals surface area contributed by atoms with Crippen molar-refractivity contribution in [3.63, 3.8) is 0 Å². The van der Waals surface area contributed by atoms with Gasteiger partial charge >= 0.3 is 0 Å². The van der Waals surface area contributed by atoms with Gasteiger partial charge in [0.2, 0.25) is 10.0 Å². The van der Waals surface area contributed by atoms with Gasteiger partial charge < -0.3 is 0 Å². The summed E-state index contributed by atoms with van der Waals surface area (Å²) in [6, 6.07) is 0. The summed E-state index contributed by atoms with van der Waals surface area (Å²) in [5.41, 5.74) is 0. The molecule has 0 aromatic carbocycles. The van der Waals surface area contributed by atoms with E-state index >= 15 is 0 Å². The molecule has 1 aromatic rings. The van der Waals surface area contributed by atoms with E-state index in [-0.39, 0.29) is 9.92 Å². The minimum atomic E-state index is -3.51. The minimum Gasteiger partial charge on any atom is -0.262 e. The zero-order chi connectivity index (χ0) is 12.5. The molecule has 1 aliphatic heterocycles. The van der Waals surface area contributed by atoms with E-state index in [0.717, 1.165) is 19.3 Å². The van der Waals surface area contributed by atoms with Crippen molar-refractivity contribution in [2.75, 3.05) is 13.1 Å². The van der Waals surface area contributed by atoms with E-state index in [1.807, 2.05) is 0 Å². The van der Waals surface area contributed by atoms with Gasteiger partial charge in [0.25, 0.3) is 0 Å². The van der Waals surface area contributed by atoms with Crippen LogP contribution in [0.1, 0.15) is 19.3 Å². The molecule has 2 rings (SSSR count). The molecule has 0 unspecified atom stereocenters. The van der Waals surface area contributed by atoms with Crippen LogP contribution in [-0.4, -0.2) is 30.8 Å². The first kappa shape index (κ1) is 13.3. The molecule has 0 atom stereocenters. The lowest BCUT2D eigenvalue weighted by molar-refractivity contribution is 0.346. The molecule has 0 bridgehead atoms. The van der Waals surface area contributed by atoms with Gasteiger partial charge in [-0.1, -0.05) is 18.0 Å². The zero-order valence-corrected chi connectivity index (χ0v) is 12.2. The molecule has 1 aliphatic rings. The van der Waals surface area contributed by atoms with Gasteiger partial charge in [-0.2, -0.15) is 4.31 Å². The SMILES string of the molecule is O=S(=O)(c1cncc(Br)c1Cl)N1CCCCC1. The number of pyridine rings is 1. The Balaban J connectivity index is 2.40. The van der Waals surface area contributed by atoms with E-state index in [0.29, 0.717) is 17.6 Å². The summed E-state index contributed by atoms with van der Waals surface area (Å²) in [5.74, 6) is 0. The fraction of sp³-hybridized carbons (Fsp3) is 0.500. The second-order valence-electron chi connectivity index (χ2n) is 3.90. The summed E-state index contributed by atoms with van der Waals surface area (Å²) in [6.07, 6.45) is 5.67. The van der Waals surface area contributed by atoms with Crippen molar-refractivity contribution in [1.29, 1.82) is 0 Å². The highest BCUT2D eigenvalue weighted by molar-refractivity contribution is 9.10. The third kappa shape index (κ3) is 2.65. The van der Waals surface area contributed by atoms with Crippen LogP contribution in [0.2, 0.25) is 5.02 Å². The fourth-order valence-electron chi connectivity index (χ4n) is 1.83. The normalized spacial score (nSPS) is 18.2. The number of rotatable bonds is 2. The number of piperidine rings is 1. The van der Waals surface area contributed by atoms with E-state index in [9.17, 15) is 8.42 Å². The minimum absolute atomic E-state index is 0.0791. The maximum absolute atomic E-state index is 12.3. The molecule has 0 N–H and O–H groups in total. The first-order valence-electron chi connectivity index (χ1n) is 5.32. The van der Waals surface area contributed by atoms with Gasteiger partial charge in [0.1, 0.15) is 4.90 Å². The van der Waals surface area contributed by atoms with Crippen molar-refractivity contribution in [2.45, 2.75) is 24.2 Å². The highest BCUT2D eigenvalue weighted by atomic mass is 79.9. The molecule has 17 heavy (non-hydrogen) atoms. The lowest BCUT2D eigenvalue weighted by Gasteiger charge is -2.26. The van der Waals surface area contributed by atoms with Crippen LogP contribution in [0, 0.1) is 0 Å². The van der Waals surface area contributed by atoms with Crippen molar-refractivity contribution in [3.05, 3.63) is 21.9 Å². The van der Waals surface area contributed by atoms with E-state index in [4.69, 9.17) is 11.6 Å². The van der Waals surface area contributed by atoms with Gasteiger partial charge in [0, 0.05) is 25.5 Å². The van der Waals surface area contributed by atoms with Gasteiger partial charge in [-0.15, -0.1) is 0 Å². The van der Waals surface area contributed by atoms with Gasteiger partial charge in [-0.05, 0) is 28.8 Å². The predicted molar refractivity (Wildman–Crippen MR) is 69.6 cm³/mol. The lowest BCUT2D eigenvalue weighted by atomic mass is 10.2. The number of hydrogen-bond donors (Lipinski definition) is 0. The predicted octanol–water partition coefficient (Wildman–Crippen LogP) is 2.67. The standard InChI is InChI=1S/C10H12BrClN2O2S/c11-8-6-13-7-9(10(8)12)17(15,16)14-4-2-1-3-5-14/h6-7H,1-5H2. The molecule has 1 fully saturated rings. The first-order chi connectivity index (χ1) is 8.03. The molecule has 0 saturated carbocycles. The second-order valence-corrected chi connectivity index (χ2v) is 7.04. The fourth-order valence-corrected chi connectivity index (χ4v) is 4.23. The Morgan fingerprint density at radius 3 is 2.53 bits per heavy atom. The Labute approximate surface area is 114 Å². The topological polar surface area (TPSA) is 50.3 Å². The number of hydrogen-bond acceptors (Lipinski definition) is 3. The van der Waals surface area contributed by atoms with Crippen LogP contribution in [-0.2, 0) is 10.0 Å². The molecule has 1 saturated heterocycles. The molecule has 2 heterocycles. The number of halogens is 2. The zero-order valence-electron chi connectivity index (χ0n) is 9.07. The Morgan fingerprint density at radius 1 is 1.24 bits per heavy atom. The van der Waals surface area contributed by atoms with Gasteiger partial charge in [0.15, 0.2) is 0 Å². The lowest BCUT2D eigenvalue weighted by Crippen LogP contribution is -2.35. The number of nitrogens with zero attached hydrogens (tertiary/aromatic N) is 2. The van der Waals surface area contributed by atoms with Crippen LogP contribution < -0.4 is 0 Å². The number of sulfonamides is 1. The van der Waals surface area contributed by atoms with Crippen LogP contribution in [0.15, 0.2) is 21.8 Å². The van der Waals surface area contributed by atoms with Crippen LogP contribution in [0.3, 0.4) is 0 Å². The molecular formula is C10H12BrClN2O2S. The van der Waals surface area contributed by atoms with Crippen LogP contribution in [0.25, 0.3) is 0 Å². The third-order valence-electron chi connectivity index (χ3n) is 2.74. The molecule has 1 aromatic heterocycles. The maximum atomic E-state index is 12.3. The molecule has 0 aliphatic carbocycles. The average Bonchev–Trinajstić information content (AvgIpc) is 2.33. The summed E-state index contributed by atoms with van der Waals surface area (Å²) in [7, 11) is -3.51. The van der Waals surface area contributed by atoms with Crippen LogP contribution in [0.5, 0.6) is 0 Å². The maximum Gasteiger partial charge on any atom is 0.246 e. The van der Waals surface area contributed by atoms with Crippen LogP contribution >= 0.6 is 27.5 Å². The number of aromatic nitrogens is 1. The summed E-state index contributed by atoms with van der Waals surface area (Å²) >= 11 is 9.19. The molecule has 0 radical (unpaired) electrons. The van der Waals surface area contributed by atoms with Crippen molar-refractivity contribution in [2.24, 2.45) is 0 Å².